The van der Waals surface area contributed by atoms with Gasteiger partial charge in [-0.15, -0.1) is 0 Å². The zero-order valence-electron chi connectivity index (χ0n) is 19.4. The van der Waals surface area contributed by atoms with E-state index < -0.39 is 35.0 Å². The SMILES string of the molecule is CC(C)(NC(=O)c1ccc(F)cc1)C(=O)Nc1nc(C(F)(F)F)c(CN2CCN(C3CC3)CC2)s1. The van der Waals surface area contributed by atoms with E-state index in [1.807, 2.05) is 4.90 Å². The van der Waals surface area contributed by atoms with Crippen molar-refractivity contribution in [3.05, 3.63) is 46.2 Å². The molecule has 1 aliphatic heterocycles. The number of nitrogens with zero attached hydrogens (tertiary/aromatic N) is 3. The first kappa shape index (κ1) is 25.5. The maximum absolute atomic E-state index is 13.7. The van der Waals surface area contributed by atoms with Gasteiger partial charge in [0.1, 0.15) is 11.4 Å². The molecule has 2 N–H and O–H groups in total. The molecule has 35 heavy (non-hydrogen) atoms. The molecule has 2 aromatic rings. The minimum atomic E-state index is -4.66. The highest BCUT2D eigenvalue weighted by atomic mass is 32.1. The zero-order chi connectivity index (χ0) is 25.4. The first-order valence-corrected chi connectivity index (χ1v) is 12.2. The number of anilines is 1. The molecule has 2 aliphatic rings. The largest absolute Gasteiger partial charge is 0.434 e. The van der Waals surface area contributed by atoms with Crippen molar-refractivity contribution in [2.45, 2.75) is 51.0 Å². The lowest BCUT2D eigenvalue weighted by Gasteiger charge is -2.34. The van der Waals surface area contributed by atoms with E-state index in [2.05, 4.69) is 20.5 Å². The number of carbonyl (C=O) groups excluding carboxylic acids is 2. The van der Waals surface area contributed by atoms with E-state index in [-0.39, 0.29) is 22.1 Å². The van der Waals surface area contributed by atoms with E-state index >= 15 is 0 Å². The Morgan fingerprint density at radius 2 is 1.71 bits per heavy atom. The Balaban J connectivity index is 1.42. The molecule has 1 saturated heterocycles. The van der Waals surface area contributed by atoms with Crippen LogP contribution in [0, 0.1) is 5.82 Å². The third-order valence-electron chi connectivity index (χ3n) is 6.12. The van der Waals surface area contributed by atoms with Crippen molar-refractivity contribution in [1.82, 2.24) is 20.1 Å². The second-order valence-corrected chi connectivity index (χ2v) is 10.5. The van der Waals surface area contributed by atoms with Gasteiger partial charge in [-0.2, -0.15) is 13.2 Å². The van der Waals surface area contributed by atoms with Gasteiger partial charge in [0.25, 0.3) is 11.8 Å². The number of halogens is 4. The van der Waals surface area contributed by atoms with E-state index in [1.54, 1.807) is 0 Å². The van der Waals surface area contributed by atoms with Crippen LogP contribution in [0.1, 0.15) is 47.6 Å². The van der Waals surface area contributed by atoms with Crippen LogP contribution in [0.15, 0.2) is 24.3 Å². The lowest BCUT2D eigenvalue weighted by Crippen LogP contribution is -2.52. The van der Waals surface area contributed by atoms with Crippen molar-refractivity contribution in [3.63, 3.8) is 0 Å². The average molecular weight is 514 g/mol. The van der Waals surface area contributed by atoms with Crippen molar-refractivity contribution in [2.24, 2.45) is 0 Å². The Kier molecular flexibility index (Phi) is 7.16. The Labute approximate surface area is 204 Å². The number of nitrogens with one attached hydrogen (secondary N) is 2. The predicted octanol–water partition coefficient (Wildman–Crippen LogP) is 3.73. The standard InChI is InChI=1S/C23H27F4N5O2S/c1-22(2,30-19(33)14-3-5-15(24)6-4-14)20(34)29-21-28-18(23(25,26)27)17(35-21)13-31-9-11-32(12-10-31)16-7-8-16/h3-6,16H,7-13H2,1-2H3,(H,30,33)(H,28,29,34). The molecule has 2 amide bonds. The number of rotatable bonds is 7. The van der Waals surface area contributed by atoms with Gasteiger partial charge in [-0.3, -0.25) is 24.7 Å². The summed E-state index contributed by atoms with van der Waals surface area (Å²) in [5.74, 6) is -1.85. The van der Waals surface area contributed by atoms with Gasteiger partial charge in [0.2, 0.25) is 0 Å². The van der Waals surface area contributed by atoms with Crippen LogP contribution in [0.4, 0.5) is 22.7 Å². The second-order valence-electron chi connectivity index (χ2n) is 9.37. The van der Waals surface area contributed by atoms with Gasteiger partial charge in [-0.25, -0.2) is 9.37 Å². The molecule has 0 unspecified atom stereocenters. The fourth-order valence-corrected chi connectivity index (χ4v) is 4.95. The average Bonchev–Trinajstić information content (AvgIpc) is 3.55. The number of aromatic nitrogens is 1. The van der Waals surface area contributed by atoms with Crippen LogP contribution in [0.3, 0.4) is 0 Å². The molecule has 1 aliphatic carbocycles. The maximum Gasteiger partial charge on any atom is 0.434 e. The number of alkyl halides is 3. The van der Waals surface area contributed by atoms with Crippen molar-refractivity contribution in [2.75, 3.05) is 31.5 Å². The highest BCUT2D eigenvalue weighted by Crippen LogP contribution is 2.37. The zero-order valence-corrected chi connectivity index (χ0v) is 20.2. The summed E-state index contributed by atoms with van der Waals surface area (Å²) in [6.07, 6.45) is -2.27. The molecular formula is C23H27F4N5O2S. The molecular weight excluding hydrogens is 486 g/mol. The van der Waals surface area contributed by atoms with Crippen LogP contribution >= 0.6 is 11.3 Å². The van der Waals surface area contributed by atoms with Crippen molar-refractivity contribution < 1.29 is 27.2 Å². The third kappa shape index (κ3) is 6.36. The van der Waals surface area contributed by atoms with Gasteiger partial charge in [-0.1, -0.05) is 11.3 Å². The molecule has 0 radical (unpaired) electrons. The molecule has 2 fully saturated rings. The summed E-state index contributed by atoms with van der Waals surface area (Å²) >= 11 is 0.788. The minimum absolute atomic E-state index is 0.0424. The highest BCUT2D eigenvalue weighted by Gasteiger charge is 2.39. The number of amides is 2. The van der Waals surface area contributed by atoms with Crippen LogP contribution in [-0.4, -0.2) is 64.4 Å². The second kappa shape index (κ2) is 9.82. The molecule has 1 aromatic heterocycles. The molecule has 0 bridgehead atoms. The van der Waals surface area contributed by atoms with E-state index in [4.69, 9.17) is 0 Å². The number of thiazole rings is 1. The summed E-state index contributed by atoms with van der Waals surface area (Å²) in [5, 5.41) is 4.75. The summed E-state index contributed by atoms with van der Waals surface area (Å²) < 4.78 is 54.1. The van der Waals surface area contributed by atoms with Gasteiger partial charge >= 0.3 is 6.18 Å². The van der Waals surface area contributed by atoms with Gasteiger partial charge in [-0.05, 0) is 51.0 Å². The summed E-state index contributed by atoms with van der Waals surface area (Å²) in [6, 6.07) is 5.39. The Bertz CT molecular complexity index is 1070. The van der Waals surface area contributed by atoms with Crippen molar-refractivity contribution in [3.8, 4) is 0 Å². The quantitative estimate of drug-likeness (QED) is 0.552. The summed E-state index contributed by atoms with van der Waals surface area (Å²) in [5.41, 5.74) is -2.32. The Morgan fingerprint density at radius 1 is 1.09 bits per heavy atom. The maximum atomic E-state index is 13.7. The normalized spacial score (nSPS) is 17.9. The number of carbonyl (C=O) groups is 2. The van der Waals surface area contributed by atoms with E-state index in [9.17, 15) is 27.2 Å². The summed E-state index contributed by atoms with van der Waals surface area (Å²) in [6.45, 7) is 5.95. The fraction of sp³-hybridized carbons (Fsp3) is 0.522. The molecule has 1 saturated carbocycles. The molecule has 4 rings (SSSR count). The molecule has 190 valence electrons. The van der Waals surface area contributed by atoms with Gasteiger partial charge < -0.3 is 5.32 Å². The monoisotopic (exact) mass is 513 g/mol. The first-order chi connectivity index (χ1) is 16.4. The highest BCUT2D eigenvalue weighted by molar-refractivity contribution is 7.15. The molecule has 7 nitrogen and oxygen atoms in total. The van der Waals surface area contributed by atoms with Gasteiger partial charge in [0.15, 0.2) is 10.8 Å². The van der Waals surface area contributed by atoms with Crippen LogP contribution in [0.5, 0.6) is 0 Å². The van der Waals surface area contributed by atoms with E-state index in [0.717, 1.165) is 36.6 Å². The minimum Gasteiger partial charge on any atom is -0.338 e. The molecule has 0 spiro atoms. The van der Waals surface area contributed by atoms with Crippen LogP contribution in [0.25, 0.3) is 0 Å². The lowest BCUT2D eigenvalue weighted by atomic mass is 10.0. The molecule has 2 heterocycles. The van der Waals surface area contributed by atoms with Crippen LogP contribution in [0.2, 0.25) is 0 Å². The lowest BCUT2D eigenvalue weighted by molar-refractivity contribution is -0.141. The summed E-state index contributed by atoms with van der Waals surface area (Å²) in [7, 11) is 0. The van der Waals surface area contributed by atoms with Crippen molar-refractivity contribution in [1.29, 1.82) is 0 Å². The Morgan fingerprint density at radius 3 is 2.29 bits per heavy atom. The number of hydrogen-bond acceptors (Lipinski definition) is 6. The first-order valence-electron chi connectivity index (χ1n) is 11.4. The van der Waals surface area contributed by atoms with Crippen LogP contribution in [-0.2, 0) is 17.5 Å². The topological polar surface area (TPSA) is 77.6 Å². The van der Waals surface area contributed by atoms with Gasteiger partial charge in [0, 0.05) is 44.3 Å². The fourth-order valence-electron chi connectivity index (χ4n) is 3.93. The van der Waals surface area contributed by atoms with E-state index in [0.29, 0.717) is 19.1 Å². The van der Waals surface area contributed by atoms with E-state index in [1.165, 1.54) is 38.8 Å². The third-order valence-corrected chi connectivity index (χ3v) is 7.08. The molecule has 1 aromatic carbocycles. The Hall–Kier alpha value is -2.57. The van der Waals surface area contributed by atoms with Crippen molar-refractivity contribution >= 4 is 28.3 Å². The smallest absolute Gasteiger partial charge is 0.338 e. The van der Waals surface area contributed by atoms with Gasteiger partial charge in [0.05, 0.1) is 4.88 Å². The predicted molar refractivity (Wildman–Crippen MR) is 124 cm³/mol. The van der Waals surface area contributed by atoms with Crippen LogP contribution < -0.4 is 10.6 Å². The number of piperazine rings is 1. The molecule has 0 atom stereocenters. The summed E-state index contributed by atoms with van der Waals surface area (Å²) in [4.78, 5) is 33.3. The molecule has 12 heteroatoms. The number of benzene rings is 1. The number of hydrogen-bond donors (Lipinski definition) is 2.